The largest absolute Gasteiger partial charge is 0.505 e. The summed E-state index contributed by atoms with van der Waals surface area (Å²) in [5, 5.41) is 9.97. The van der Waals surface area contributed by atoms with Crippen molar-refractivity contribution in [2.45, 2.75) is 37.5 Å². The van der Waals surface area contributed by atoms with Crippen LogP contribution in [0, 0.1) is 5.82 Å². The van der Waals surface area contributed by atoms with Gasteiger partial charge in [-0.05, 0) is 25.0 Å². The van der Waals surface area contributed by atoms with E-state index in [1.807, 2.05) is 0 Å². The van der Waals surface area contributed by atoms with Crippen molar-refractivity contribution < 1.29 is 9.50 Å². The van der Waals surface area contributed by atoms with Crippen molar-refractivity contribution >= 4 is 15.9 Å². The summed E-state index contributed by atoms with van der Waals surface area (Å²) >= 11 is 3.41. The van der Waals surface area contributed by atoms with Crippen molar-refractivity contribution in [2.24, 2.45) is 5.73 Å². The zero-order valence-corrected chi connectivity index (χ0v) is 11.3. The molecule has 0 heterocycles. The van der Waals surface area contributed by atoms with Crippen molar-refractivity contribution in [3.05, 3.63) is 28.0 Å². The predicted molar refractivity (Wildman–Crippen MR) is 69.6 cm³/mol. The van der Waals surface area contributed by atoms with Crippen molar-refractivity contribution in [3.8, 4) is 5.75 Å². The molecule has 0 unspecified atom stereocenters. The summed E-state index contributed by atoms with van der Waals surface area (Å²) in [6.45, 7) is 0.447. The van der Waals surface area contributed by atoms with Crippen LogP contribution in [-0.4, -0.2) is 11.7 Å². The maximum absolute atomic E-state index is 13.5. The highest BCUT2D eigenvalue weighted by atomic mass is 79.9. The molecule has 94 valence electrons. The molecule has 1 aliphatic carbocycles. The van der Waals surface area contributed by atoms with Crippen LogP contribution in [0.3, 0.4) is 0 Å². The number of phenols is 1. The molecule has 4 heteroatoms. The molecule has 0 spiro atoms. The first-order valence-electron chi connectivity index (χ1n) is 5.98. The van der Waals surface area contributed by atoms with Crippen LogP contribution in [0.1, 0.15) is 37.7 Å². The SMILES string of the molecule is NCC1(c2c(Br)ccc(F)c2O)CCCCC1. The number of hydrogen-bond acceptors (Lipinski definition) is 2. The van der Waals surface area contributed by atoms with Crippen molar-refractivity contribution in [2.75, 3.05) is 6.54 Å². The van der Waals surface area contributed by atoms with Gasteiger partial charge < -0.3 is 10.8 Å². The first-order valence-corrected chi connectivity index (χ1v) is 6.77. The monoisotopic (exact) mass is 301 g/mol. The third kappa shape index (κ3) is 2.20. The summed E-state index contributed by atoms with van der Waals surface area (Å²) in [5.74, 6) is -0.812. The maximum atomic E-state index is 13.5. The van der Waals surface area contributed by atoms with Gasteiger partial charge >= 0.3 is 0 Å². The van der Waals surface area contributed by atoms with E-state index in [4.69, 9.17) is 5.73 Å². The molecule has 1 aromatic carbocycles. The van der Waals surface area contributed by atoms with Crippen LogP contribution in [0.4, 0.5) is 4.39 Å². The Labute approximate surface area is 109 Å². The van der Waals surface area contributed by atoms with E-state index in [-0.39, 0.29) is 11.2 Å². The molecular weight excluding hydrogens is 285 g/mol. The van der Waals surface area contributed by atoms with E-state index in [1.54, 1.807) is 6.07 Å². The van der Waals surface area contributed by atoms with Gasteiger partial charge in [-0.1, -0.05) is 35.2 Å². The Kier molecular flexibility index (Phi) is 3.73. The van der Waals surface area contributed by atoms with Gasteiger partial charge in [0.25, 0.3) is 0 Å². The zero-order chi connectivity index (χ0) is 12.5. The lowest BCUT2D eigenvalue weighted by atomic mass is 9.69. The van der Waals surface area contributed by atoms with Crippen LogP contribution in [0.15, 0.2) is 16.6 Å². The van der Waals surface area contributed by atoms with Crippen molar-refractivity contribution in [3.63, 3.8) is 0 Å². The minimum atomic E-state index is -0.568. The highest BCUT2D eigenvalue weighted by Crippen LogP contribution is 2.46. The maximum Gasteiger partial charge on any atom is 0.165 e. The highest BCUT2D eigenvalue weighted by Gasteiger charge is 2.37. The molecule has 1 saturated carbocycles. The quantitative estimate of drug-likeness (QED) is 0.879. The average Bonchev–Trinajstić information content (AvgIpc) is 2.35. The molecule has 2 nitrogen and oxygen atoms in total. The summed E-state index contributed by atoms with van der Waals surface area (Å²) in [4.78, 5) is 0. The Morgan fingerprint density at radius 3 is 2.53 bits per heavy atom. The summed E-state index contributed by atoms with van der Waals surface area (Å²) in [5.41, 5.74) is 6.28. The molecule has 1 fully saturated rings. The Morgan fingerprint density at radius 2 is 1.94 bits per heavy atom. The first-order chi connectivity index (χ1) is 8.10. The van der Waals surface area contributed by atoms with Gasteiger partial charge in [-0.25, -0.2) is 4.39 Å². The molecule has 0 bridgehead atoms. The van der Waals surface area contributed by atoms with Crippen LogP contribution in [0.5, 0.6) is 5.75 Å². The van der Waals surface area contributed by atoms with Crippen LogP contribution >= 0.6 is 15.9 Å². The van der Waals surface area contributed by atoms with Crippen LogP contribution in [0.2, 0.25) is 0 Å². The van der Waals surface area contributed by atoms with Gasteiger partial charge in [0.15, 0.2) is 11.6 Å². The molecule has 0 aromatic heterocycles. The Bertz CT molecular complexity index is 416. The standard InChI is InChI=1S/C13H17BrFNO/c14-9-4-5-10(15)12(17)11(9)13(8-16)6-2-1-3-7-13/h4-5,17H,1-3,6-8,16H2. The molecule has 1 aromatic rings. The predicted octanol–water partition coefficient (Wildman–Crippen LogP) is 3.45. The minimum Gasteiger partial charge on any atom is -0.505 e. The number of halogens is 2. The molecule has 2 rings (SSSR count). The van der Waals surface area contributed by atoms with E-state index in [0.29, 0.717) is 12.1 Å². The summed E-state index contributed by atoms with van der Waals surface area (Å²) in [7, 11) is 0. The fraction of sp³-hybridized carbons (Fsp3) is 0.538. The van der Waals surface area contributed by atoms with Gasteiger partial charge in [0, 0.05) is 22.0 Å². The summed E-state index contributed by atoms with van der Waals surface area (Å²) in [6.07, 6.45) is 5.19. The van der Waals surface area contributed by atoms with Crippen LogP contribution in [-0.2, 0) is 5.41 Å². The fourth-order valence-corrected chi connectivity index (χ4v) is 3.57. The van der Waals surface area contributed by atoms with Gasteiger partial charge in [0.05, 0.1) is 0 Å². The van der Waals surface area contributed by atoms with E-state index in [9.17, 15) is 9.50 Å². The second kappa shape index (κ2) is 4.94. The van der Waals surface area contributed by atoms with Gasteiger partial charge in [-0.15, -0.1) is 0 Å². The van der Waals surface area contributed by atoms with Crippen molar-refractivity contribution in [1.82, 2.24) is 0 Å². The van der Waals surface area contributed by atoms with E-state index in [0.717, 1.165) is 30.2 Å². The van der Waals surface area contributed by atoms with E-state index < -0.39 is 5.82 Å². The molecular formula is C13H17BrFNO. The van der Waals surface area contributed by atoms with Crippen LogP contribution in [0.25, 0.3) is 0 Å². The number of hydrogen-bond donors (Lipinski definition) is 2. The van der Waals surface area contributed by atoms with Gasteiger partial charge in [-0.2, -0.15) is 0 Å². The number of nitrogens with two attached hydrogens (primary N) is 1. The number of benzene rings is 1. The topological polar surface area (TPSA) is 46.2 Å². The normalized spacial score (nSPS) is 19.2. The average molecular weight is 302 g/mol. The van der Waals surface area contributed by atoms with E-state index in [2.05, 4.69) is 15.9 Å². The number of rotatable bonds is 2. The Balaban J connectivity index is 2.53. The second-order valence-corrected chi connectivity index (χ2v) is 5.65. The number of phenolic OH excluding ortho intramolecular Hbond substituents is 1. The lowest BCUT2D eigenvalue weighted by Gasteiger charge is -2.37. The van der Waals surface area contributed by atoms with Crippen LogP contribution < -0.4 is 5.73 Å². The molecule has 0 aliphatic heterocycles. The van der Waals surface area contributed by atoms with Crippen molar-refractivity contribution in [1.29, 1.82) is 0 Å². The van der Waals surface area contributed by atoms with E-state index >= 15 is 0 Å². The summed E-state index contributed by atoms with van der Waals surface area (Å²) < 4.78 is 14.3. The molecule has 0 saturated heterocycles. The summed E-state index contributed by atoms with van der Waals surface area (Å²) in [6, 6.07) is 2.92. The highest BCUT2D eigenvalue weighted by molar-refractivity contribution is 9.10. The molecule has 1 aliphatic rings. The lowest BCUT2D eigenvalue weighted by Crippen LogP contribution is -2.37. The van der Waals surface area contributed by atoms with Gasteiger partial charge in [-0.3, -0.25) is 0 Å². The third-order valence-corrected chi connectivity index (χ3v) is 4.47. The third-order valence-electron chi connectivity index (χ3n) is 3.81. The second-order valence-electron chi connectivity index (χ2n) is 4.80. The molecule has 17 heavy (non-hydrogen) atoms. The fourth-order valence-electron chi connectivity index (χ4n) is 2.83. The first kappa shape index (κ1) is 12.8. The Hall–Kier alpha value is -0.610. The smallest absolute Gasteiger partial charge is 0.165 e. The minimum absolute atomic E-state index is 0.244. The molecule has 0 radical (unpaired) electrons. The molecule has 3 N–H and O–H groups in total. The zero-order valence-electron chi connectivity index (χ0n) is 9.68. The lowest BCUT2D eigenvalue weighted by molar-refractivity contribution is 0.286. The Morgan fingerprint density at radius 1 is 1.29 bits per heavy atom. The van der Waals surface area contributed by atoms with E-state index in [1.165, 1.54) is 12.5 Å². The molecule has 0 amide bonds. The molecule has 0 atom stereocenters. The number of aromatic hydroxyl groups is 1. The van der Waals surface area contributed by atoms with Gasteiger partial charge in [0.1, 0.15) is 0 Å². The van der Waals surface area contributed by atoms with Gasteiger partial charge in [0.2, 0.25) is 0 Å².